The molecule has 5 atom stereocenters. The number of rotatable bonds is 9. The van der Waals surface area contributed by atoms with Crippen LogP contribution in [0, 0.1) is 12.8 Å². The van der Waals surface area contributed by atoms with Gasteiger partial charge in [-0.1, -0.05) is 25.0 Å². The van der Waals surface area contributed by atoms with Crippen molar-refractivity contribution < 1.29 is 59.7 Å². The summed E-state index contributed by atoms with van der Waals surface area (Å²) < 4.78 is 89.5. The number of carbonyl (C=O) groups is 4. The van der Waals surface area contributed by atoms with E-state index in [-0.39, 0.29) is 43.0 Å². The van der Waals surface area contributed by atoms with Crippen molar-refractivity contribution in [3.63, 3.8) is 0 Å². The highest BCUT2D eigenvalue weighted by atomic mass is 32.2. The first-order valence-electron chi connectivity index (χ1n) is 19.7. The molecule has 1 aromatic carbocycles. The van der Waals surface area contributed by atoms with Crippen molar-refractivity contribution in [1.82, 2.24) is 25.2 Å². The molecule has 0 bridgehead atoms. The zero-order chi connectivity index (χ0) is 43.1. The Kier molecular flexibility index (Phi) is 12.1. The molecule has 2 aromatic rings. The third kappa shape index (κ3) is 9.98. The van der Waals surface area contributed by atoms with Crippen LogP contribution in [0.5, 0.6) is 17.4 Å². The molecule has 1 saturated heterocycles. The van der Waals surface area contributed by atoms with Crippen LogP contribution in [0.3, 0.4) is 0 Å². The van der Waals surface area contributed by atoms with E-state index in [0.29, 0.717) is 48.8 Å². The number of pyridine rings is 1. The van der Waals surface area contributed by atoms with E-state index in [0.717, 1.165) is 6.42 Å². The van der Waals surface area contributed by atoms with Gasteiger partial charge in [-0.05, 0) is 85.3 Å². The summed E-state index contributed by atoms with van der Waals surface area (Å²) in [5, 5.41) is 5.87. The maximum atomic E-state index is 14.6. The van der Waals surface area contributed by atoms with Crippen molar-refractivity contribution in [3.8, 4) is 17.4 Å². The number of hydrogen-bond acceptors (Lipinski definition) is 11. The van der Waals surface area contributed by atoms with E-state index in [1.54, 1.807) is 52.8 Å². The Morgan fingerprint density at radius 3 is 2.47 bits per heavy atom. The molecule has 6 rings (SSSR count). The molecule has 4 aliphatic rings. The lowest BCUT2D eigenvalue weighted by Crippen LogP contribution is -2.58. The van der Waals surface area contributed by atoms with Gasteiger partial charge in [0.2, 0.25) is 27.7 Å². The highest BCUT2D eigenvalue weighted by Gasteiger charge is 2.63. The fourth-order valence-corrected chi connectivity index (χ4v) is 8.79. The second-order valence-corrected chi connectivity index (χ2v) is 19.3. The predicted octanol–water partition coefficient (Wildman–Crippen LogP) is 5.13. The Balaban J connectivity index is 1.35. The van der Waals surface area contributed by atoms with Gasteiger partial charge in [0, 0.05) is 29.4 Å². The molecular formula is C40H52F3N5O10S. The fraction of sp³-hybridized carbons (Fsp3) is 0.625. The SMILES string of the molecule is COc1ccc2c(O[C@@H]3C[C@H]4C(=O)N[C@]5(C(=O)NS(=O)(=O)C6(C)CC6)CC5/C=C\CCCCC[C@H](NC(=O)OC(C)(C)C)C(=O)N4C3)cc(OCC(F)(F)F)nc2c1C. The van der Waals surface area contributed by atoms with Crippen LogP contribution in [0.1, 0.15) is 91.0 Å². The maximum absolute atomic E-state index is 14.6. The summed E-state index contributed by atoms with van der Waals surface area (Å²) in [5.74, 6) is -2.72. The second-order valence-electron chi connectivity index (χ2n) is 17.1. The van der Waals surface area contributed by atoms with Crippen molar-refractivity contribution in [2.75, 3.05) is 20.3 Å². The summed E-state index contributed by atoms with van der Waals surface area (Å²) in [4.78, 5) is 61.6. The monoisotopic (exact) mass is 851 g/mol. The minimum atomic E-state index is -4.67. The third-order valence-electron chi connectivity index (χ3n) is 11.2. The van der Waals surface area contributed by atoms with Gasteiger partial charge in [-0.25, -0.2) is 18.2 Å². The number of alkyl carbamates (subject to hydrolysis) is 1. The number of aromatic nitrogens is 1. The van der Waals surface area contributed by atoms with E-state index in [1.165, 1.54) is 18.1 Å². The zero-order valence-corrected chi connectivity index (χ0v) is 34.8. The van der Waals surface area contributed by atoms with E-state index in [2.05, 4.69) is 20.3 Å². The summed E-state index contributed by atoms with van der Waals surface area (Å²) in [5.41, 5.74) is -1.78. The Bertz CT molecular complexity index is 2120. The molecule has 0 radical (unpaired) electrons. The molecule has 1 aromatic heterocycles. The molecule has 2 saturated carbocycles. The summed E-state index contributed by atoms with van der Waals surface area (Å²) in [6.07, 6.45) is 0.726. The normalized spacial score (nSPS) is 26.6. The summed E-state index contributed by atoms with van der Waals surface area (Å²) >= 11 is 0. The lowest BCUT2D eigenvalue weighted by Gasteiger charge is -2.30. The number of ether oxygens (including phenoxy) is 4. The number of allylic oxidation sites excluding steroid dienone is 1. The van der Waals surface area contributed by atoms with Crippen molar-refractivity contribution in [3.05, 3.63) is 35.9 Å². The molecule has 3 heterocycles. The molecule has 59 heavy (non-hydrogen) atoms. The van der Waals surface area contributed by atoms with Gasteiger partial charge in [-0.2, -0.15) is 13.2 Å². The van der Waals surface area contributed by atoms with Crippen LogP contribution in [0.2, 0.25) is 0 Å². The average molecular weight is 852 g/mol. The second kappa shape index (κ2) is 16.3. The van der Waals surface area contributed by atoms with Gasteiger partial charge in [-0.15, -0.1) is 0 Å². The number of halogens is 3. The largest absolute Gasteiger partial charge is 0.496 e. The summed E-state index contributed by atoms with van der Waals surface area (Å²) in [7, 11) is -2.64. The molecule has 2 aliphatic heterocycles. The fourth-order valence-electron chi connectivity index (χ4n) is 7.48. The molecule has 324 valence electrons. The molecular weight excluding hydrogens is 800 g/mol. The highest BCUT2D eigenvalue weighted by Crippen LogP contribution is 2.48. The van der Waals surface area contributed by atoms with Crippen LogP contribution < -0.4 is 29.6 Å². The van der Waals surface area contributed by atoms with E-state index in [1.807, 2.05) is 6.08 Å². The van der Waals surface area contributed by atoms with E-state index in [9.17, 15) is 40.8 Å². The number of methoxy groups -OCH3 is 1. The molecule has 19 heteroatoms. The molecule has 3 fully saturated rings. The Morgan fingerprint density at radius 1 is 1.08 bits per heavy atom. The Morgan fingerprint density at radius 2 is 1.81 bits per heavy atom. The van der Waals surface area contributed by atoms with Crippen molar-refractivity contribution in [1.29, 1.82) is 0 Å². The van der Waals surface area contributed by atoms with Gasteiger partial charge >= 0.3 is 12.3 Å². The van der Waals surface area contributed by atoms with E-state index < -0.39 is 86.6 Å². The molecule has 15 nitrogen and oxygen atoms in total. The first-order chi connectivity index (χ1) is 27.5. The topological polar surface area (TPSA) is 192 Å². The molecule has 4 amide bonds. The first-order valence-corrected chi connectivity index (χ1v) is 21.2. The van der Waals surface area contributed by atoms with Crippen molar-refractivity contribution in [2.24, 2.45) is 5.92 Å². The average Bonchev–Trinajstić information content (AvgIpc) is 4.02. The number of nitrogens with zero attached hydrogens (tertiary/aromatic N) is 2. The number of fused-ring (bicyclic) bond motifs is 3. The predicted molar refractivity (Wildman–Crippen MR) is 208 cm³/mol. The van der Waals surface area contributed by atoms with Gasteiger partial charge in [0.25, 0.3) is 5.91 Å². The van der Waals surface area contributed by atoms with Crippen LogP contribution in [-0.2, 0) is 29.1 Å². The minimum absolute atomic E-state index is 0.0592. The number of hydrogen-bond donors (Lipinski definition) is 3. The maximum Gasteiger partial charge on any atom is 0.422 e. The number of benzene rings is 1. The number of nitrogens with one attached hydrogen (secondary N) is 3. The molecule has 2 aliphatic carbocycles. The van der Waals surface area contributed by atoms with Crippen molar-refractivity contribution >= 4 is 44.7 Å². The van der Waals surface area contributed by atoms with Crippen molar-refractivity contribution in [2.45, 2.75) is 133 Å². The van der Waals surface area contributed by atoms with Crippen LogP contribution >= 0.6 is 0 Å². The van der Waals surface area contributed by atoms with Gasteiger partial charge in [0.1, 0.15) is 40.8 Å². The van der Waals surface area contributed by atoms with Crippen LogP contribution in [0.4, 0.5) is 18.0 Å². The zero-order valence-electron chi connectivity index (χ0n) is 34.0. The van der Waals surface area contributed by atoms with E-state index in [4.69, 9.17) is 18.9 Å². The quantitative estimate of drug-likeness (QED) is 0.284. The third-order valence-corrected chi connectivity index (χ3v) is 13.3. The number of amides is 4. The van der Waals surface area contributed by atoms with Crippen LogP contribution in [0.25, 0.3) is 10.9 Å². The molecule has 3 N–H and O–H groups in total. The Hall–Kier alpha value is -4.81. The smallest absolute Gasteiger partial charge is 0.422 e. The van der Waals surface area contributed by atoms with Crippen LogP contribution in [-0.4, -0.2) is 103 Å². The number of sulfonamides is 1. The number of carbonyl (C=O) groups excluding carboxylic acids is 4. The lowest BCUT2D eigenvalue weighted by atomic mass is 10.0. The number of aryl methyl sites for hydroxylation is 1. The standard InChI is InChI=1S/C40H52F3N5O10S/c1-23-29(55-6)15-14-26-30(19-31(45-32(23)26)56-22-40(41,42)43)57-25-18-28-33(49)46-39(35(51)47-59(53,54)38(5)16-17-38)20-24(39)12-10-8-7-9-11-13-27(34(50)48(28)21-25)44-36(52)58-37(2,3)4/h10,12,14-15,19,24-25,27-28H,7-9,11,13,16-18,20-22H2,1-6H3,(H,44,52)(H,46,49)(H,47,51)/b12-10-/t24?,25-,27+,28+,39-/m1/s1. The summed E-state index contributed by atoms with van der Waals surface area (Å²) in [6.45, 7) is 6.40. The van der Waals surface area contributed by atoms with Gasteiger partial charge < -0.3 is 34.5 Å². The van der Waals surface area contributed by atoms with Gasteiger partial charge in [0.15, 0.2) is 6.61 Å². The molecule has 1 unspecified atom stereocenters. The lowest BCUT2D eigenvalue weighted by molar-refractivity contribution is -0.154. The van der Waals surface area contributed by atoms with Crippen LogP contribution in [0.15, 0.2) is 30.4 Å². The number of alkyl halides is 3. The molecule has 0 spiro atoms. The Labute approximate surface area is 341 Å². The summed E-state index contributed by atoms with van der Waals surface area (Å²) in [6, 6.07) is 2.03. The first kappa shape index (κ1) is 43.8. The highest BCUT2D eigenvalue weighted by molar-refractivity contribution is 7.91. The van der Waals surface area contributed by atoms with Gasteiger partial charge in [0.05, 0.1) is 23.9 Å². The minimum Gasteiger partial charge on any atom is -0.496 e. The van der Waals surface area contributed by atoms with Gasteiger partial charge in [-0.3, -0.25) is 19.1 Å². The van der Waals surface area contributed by atoms with E-state index >= 15 is 0 Å².